The Hall–Kier alpha value is -1.26. The van der Waals surface area contributed by atoms with Crippen LogP contribution in [0.1, 0.15) is 18.9 Å². The summed E-state index contributed by atoms with van der Waals surface area (Å²) < 4.78 is 0. The Kier molecular flexibility index (Phi) is 5.26. The van der Waals surface area contributed by atoms with Crippen LogP contribution in [0.5, 0.6) is 0 Å². The molecule has 0 saturated carbocycles. The predicted octanol–water partition coefficient (Wildman–Crippen LogP) is 3.30. The summed E-state index contributed by atoms with van der Waals surface area (Å²) in [5, 5.41) is 10.7. The molecule has 3 nitrogen and oxygen atoms in total. The number of aromatic nitrogens is 1. The molecule has 0 fully saturated rings. The minimum absolute atomic E-state index is 0.0206. The first-order valence-electron chi connectivity index (χ1n) is 6.88. The highest BCUT2D eigenvalue weighted by molar-refractivity contribution is 7.98. The van der Waals surface area contributed by atoms with Crippen molar-refractivity contribution in [1.82, 2.24) is 4.98 Å². The van der Waals surface area contributed by atoms with Crippen LogP contribution in [0.3, 0.4) is 0 Å². The number of fused-ring (bicyclic) bond motifs is 1. The molecule has 0 aliphatic rings. The molecule has 0 saturated heterocycles. The van der Waals surface area contributed by atoms with E-state index in [1.807, 2.05) is 42.1 Å². The van der Waals surface area contributed by atoms with Gasteiger partial charge in [0.15, 0.2) is 0 Å². The van der Waals surface area contributed by atoms with Gasteiger partial charge in [-0.25, -0.2) is 4.98 Å². The number of rotatable bonds is 6. The average Bonchev–Trinajstić information content (AvgIpc) is 2.50. The molecule has 0 spiro atoms. The SMILES string of the molecule is CSCCC(C)N(C)c1nc2ccccc2cc1CO. The molecular formula is C16H22N2OS. The lowest BCUT2D eigenvalue weighted by molar-refractivity contribution is 0.281. The van der Waals surface area contributed by atoms with E-state index in [0.717, 1.165) is 34.5 Å². The smallest absolute Gasteiger partial charge is 0.134 e. The van der Waals surface area contributed by atoms with Crippen LogP contribution in [0.4, 0.5) is 5.82 Å². The Morgan fingerprint density at radius 2 is 2.10 bits per heavy atom. The van der Waals surface area contributed by atoms with Crippen LogP contribution in [0.25, 0.3) is 10.9 Å². The zero-order valence-corrected chi connectivity index (χ0v) is 13.2. The van der Waals surface area contributed by atoms with Crippen LogP contribution in [0.15, 0.2) is 30.3 Å². The molecule has 2 aromatic rings. The van der Waals surface area contributed by atoms with E-state index in [0.29, 0.717) is 6.04 Å². The van der Waals surface area contributed by atoms with E-state index in [4.69, 9.17) is 4.98 Å². The van der Waals surface area contributed by atoms with Crippen molar-refractivity contribution in [2.45, 2.75) is 26.0 Å². The monoisotopic (exact) mass is 290 g/mol. The molecule has 0 aliphatic heterocycles. The molecule has 1 unspecified atom stereocenters. The van der Waals surface area contributed by atoms with Crippen molar-refractivity contribution in [3.63, 3.8) is 0 Å². The maximum atomic E-state index is 9.61. The molecule has 0 radical (unpaired) electrons. The third-order valence-corrected chi connectivity index (χ3v) is 4.33. The fourth-order valence-electron chi connectivity index (χ4n) is 2.26. The molecule has 108 valence electrons. The molecule has 1 heterocycles. The number of pyridine rings is 1. The second-order valence-corrected chi connectivity index (χ2v) is 6.05. The van der Waals surface area contributed by atoms with Gasteiger partial charge in [0.25, 0.3) is 0 Å². The Balaban J connectivity index is 2.36. The molecule has 1 aromatic heterocycles. The Labute approximate surface area is 125 Å². The zero-order valence-electron chi connectivity index (χ0n) is 12.3. The summed E-state index contributed by atoms with van der Waals surface area (Å²) in [5.74, 6) is 2.02. The summed E-state index contributed by atoms with van der Waals surface area (Å²) in [6, 6.07) is 10.5. The fourth-order valence-corrected chi connectivity index (χ4v) is 2.84. The average molecular weight is 290 g/mol. The highest BCUT2D eigenvalue weighted by Crippen LogP contribution is 2.25. The van der Waals surface area contributed by atoms with Gasteiger partial charge in [-0.15, -0.1) is 0 Å². The highest BCUT2D eigenvalue weighted by Gasteiger charge is 2.15. The second-order valence-electron chi connectivity index (χ2n) is 5.06. The van der Waals surface area contributed by atoms with E-state index in [2.05, 4.69) is 25.1 Å². The molecule has 0 amide bonds. The van der Waals surface area contributed by atoms with Crippen molar-refractivity contribution in [3.8, 4) is 0 Å². The minimum Gasteiger partial charge on any atom is -0.392 e. The van der Waals surface area contributed by atoms with E-state index in [-0.39, 0.29) is 6.61 Å². The van der Waals surface area contributed by atoms with Gasteiger partial charge >= 0.3 is 0 Å². The number of para-hydroxylation sites is 1. The number of anilines is 1. The van der Waals surface area contributed by atoms with Crippen LogP contribution in [0, 0.1) is 0 Å². The lowest BCUT2D eigenvalue weighted by Crippen LogP contribution is -2.31. The quantitative estimate of drug-likeness (QED) is 0.885. The van der Waals surface area contributed by atoms with Crippen LogP contribution in [-0.4, -0.2) is 35.2 Å². The topological polar surface area (TPSA) is 36.4 Å². The van der Waals surface area contributed by atoms with E-state index < -0.39 is 0 Å². The maximum absolute atomic E-state index is 9.61. The number of aliphatic hydroxyl groups excluding tert-OH is 1. The second kappa shape index (κ2) is 6.95. The first-order chi connectivity index (χ1) is 9.67. The van der Waals surface area contributed by atoms with Crippen LogP contribution < -0.4 is 4.90 Å². The van der Waals surface area contributed by atoms with Crippen LogP contribution in [-0.2, 0) is 6.61 Å². The largest absolute Gasteiger partial charge is 0.392 e. The van der Waals surface area contributed by atoms with Crippen molar-refractivity contribution in [1.29, 1.82) is 0 Å². The normalized spacial score (nSPS) is 12.6. The van der Waals surface area contributed by atoms with Gasteiger partial charge in [0, 0.05) is 24.0 Å². The number of hydrogen-bond acceptors (Lipinski definition) is 4. The Morgan fingerprint density at radius 1 is 1.35 bits per heavy atom. The van der Waals surface area contributed by atoms with Gasteiger partial charge in [-0.3, -0.25) is 0 Å². The van der Waals surface area contributed by atoms with E-state index in [1.165, 1.54) is 0 Å². The van der Waals surface area contributed by atoms with Crippen molar-refractivity contribution in [2.24, 2.45) is 0 Å². The molecular weight excluding hydrogens is 268 g/mol. The summed E-state index contributed by atoms with van der Waals surface area (Å²) in [7, 11) is 2.06. The molecule has 0 bridgehead atoms. The van der Waals surface area contributed by atoms with Gasteiger partial charge in [0.2, 0.25) is 0 Å². The number of aliphatic hydroxyl groups is 1. The first kappa shape index (κ1) is 15.1. The van der Waals surface area contributed by atoms with Crippen molar-refractivity contribution < 1.29 is 5.11 Å². The Morgan fingerprint density at radius 3 is 2.80 bits per heavy atom. The third kappa shape index (κ3) is 3.25. The van der Waals surface area contributed by atoms with E-state index in [1.54, 1.807) is 0 Å². The third-order valence-electron chi connectivity index (χ3n) is 3.69. The molecule has 2 rings (SSSR count). The number of hydrogen-bond donors (Lipinski definition) is 1. The summed E-state index contributed by atoms with van der Waals surface area (Å²) >= 11 is 1.86. The number of nitrogens with zero attached hydrogens (tertiary/aromatic N) is 2. The van der Waals surface area contributed by atoms with Crippen molar-refractivity contribution >= 4 is 28.5 Å². The summed E-state index contributed by atoms with van der Waals surface area (Å²) in [4.78, 5) is 6.91. The van der Waals surface area contributed by atoms with Gasteiger partial charge < -0.3 is 10.0 Å². The molecule has 1 N–H and O–H groups in total. The summed E-state index contributed by atoms with van der Waals surface area (Å²) in [6.45, 7) is 2.22. The van der Waals surface area contributed by atoms with Gasteiger partial charge in [-0.05, 0) is 37.5 Å². The molecule has 1 atom stereocenters. The molecule has 20 heavy (non-hydrogen) atoms. The van der Waals surface area contributed by atoms with E-state index >= 15 is 0 Å². The number of thioether (sulfide) groups is 1. The van der Waals surface area contributed by atoms with Gasteiger partial charge in [-0.2, -0.15) is 11.8 Å². The first-order valence-corrected chi connectivity index (χ1v) is 8.28. The van der Waals surface area contributed by atoms with Crippen molar-refractivity contribution in [2.75, 3.05) is 24.0 Å². The minimum atomic E-state index is 0.0206. The van der Waals surface area contributed by atoms with Gasteiger partial charge in [-0.1, -0.05) is 18.2 Å². The number of benzene rings is 1. The summed E-state index contributed by atoms with van der Waals surface area (Å²) in [5.41, 5.74) is 1.87. The summed E-state index contributed by atoms with van der Waals surface area (Å²) in [6.07, 6.45) is 3.23. The molecule has 1 aromatic carbocycles. The highest BCUT2D eigenvalue weighted by atomic mass is 32.2. The van der Waals surface area contributed by atoms with Crippen LogP contribution >= 0.6 is 11.8 Å². The molecule has 0 aliphatic carbocycles. The standard InChI is InChI=1S/C16H22N2OS/c1-12(8-9-20-3)18(2)16-14(11-19)10-13-6-4-5-7-15(13)17-16/h4-7,10,12,19H,8-9,11H2,1-3H3. The molecule has 4 heteroatoms. The van der Waals surface area contributed by atoms with Crippen LogP contribution in [0.2, 0.25) is 0 Å². The van der Waals surface area contributed by atoms with Gasteiger partial charge in [0.05, 0.1) is 12.1 Å². The van der Waals surface area contributed by atoms with E-state index in [9.17, 15) is 5.11 Å². The maximum Gasteiger partial charge on any atom is 0.134 e. The lowest BCUT2D eigenvalue weighted by atomic mass is 10.1. The lowest BCUT2D eigenvalue weighted by Gasteiger charge is -2.28. The fraction of sp³-hybridized carbons (Fsp3) is 0.438. The van der Waals surface area contributed by atoms with Crippen molar-refractivity contribution in [3.05, 3.63) is 35.9 Å². The Bertz CT molecular complexity index is 573. The predicted molar refractivity (Wildman–Crippen MR) is 88.5 cm³/mol. The van der Waals surface area contributed by atoms with Gasteiger partial charge in [0.1, 0.15) is 5.82 Å². The zero-order chi connectivity index (χ0) is 14.5.